The Morgan fingerprint density at radius 2 is 2.14 bits per heavy atom. The lowest BCUT2D eigenvalue weighted by Gasteiger charge is -2.15. The number of aldehydes is 1. The van der Waals surface area contributed by atoms with E-state index in [0.717, 1.165) is 19.1 Å². The van der Waals surface area contributed by atoms with Crippen molar-refractivity contribution >= 4 is 12.4 Å². The van der Waals surface area contributed by atoms with Gasteiger partial charge in [0.05, 0.1) is 6.61 Å². The molecule has 0 saturated carbocycles. The minimum atomic E-state index is -0.302. The summed E-state index contributed by atoms with van der Waals surface area (Å²) in [6, 6.07) is 0. The Balaban J connectivity index is 3.49. The second-order valence-corrected chi connectivity index (χ2v) is 3.20. The number of amides is 1. The van der Waals surface area contributed by atoms with Gasteiger partial charge in [-0.15, -0.1) is 0 Å². The van der Waals surface area contributed by atoms with Crippen molar-refractivity contribution in [2.45, 2.75) is 32.6 Å². The number of nitrogens with zero attached hydrogens (tertiary/aromatic N) is 1. The van der Waals surface area contributed by atoms with Gasteiger partial charge in [0.2, 0.25) is 0 Å². The third-order valence-electron chi connectivity index (χ3n) is 1.85. The first kappa shape index (κ1) is 12.9. The van der Waals surface area contributed by atoms with Gasteiger partial charge in [0.15, 0.2) is 0 Å². The fourth-order valence-electron chi connectivity index (χ4n) is 0.917. The minimum Gasteiger partial charge on any atom is -0.449 e. The predicted octanol–water partition coefficient (Wildman–Crippen LogP) is 1.83. The van der Waals surface area contributed by atoms with Crippen LogP contribution in [0.3, 0.4) is 0 Å². The van der Waals surface area contributed by atoms with Crippen LogP contribution in [0.25, 0.3) is 0 Å². The van der Waals surface area contributed by atoms with E-state index in [4.69, 9.17) is 4.74 Å². The summed E-state index contributed by atoms with van der Waals surface area (Å²) in [4.78, 5) is 22.8. The van der Waals surface area contributed by atoms with Crippen molar-refractivity contribution < 1.29 is 14.3 Å². The molecule has 14 heavy (non-hydrogen) atoms. The van der Waals surface area contributed by atoms with E-state index in [1.165, 1.54) is 4.90 Å². The third-order valence-corrected chi connectivity index (χ3v) is 1.85. The second-order valence-electron chi connectivity index (χ2n) is 3.20. The van der Waals surface area contributed by atoms with E-state index in [2.05, 4.69) is 0 Å². The zero-order chi connectivity index (χ0) is 10.8. The molecule has 0 radical (unpaired) electrons. The molecule has 0 unspecified atom stereocenters. The topological polar surface area (TPSA) is 46.6 Å². The molecule has 0 aromatic carbocycles. The Morgan fingerprint density at radius 3 is 2.71 bits per heavy atom. The molecule has 0 rings (SSSR count). The Bertz CT molecular complexity index is 171. The van der Waals surface area contributed by atoms with E-state index in [9.17, 15) is 9.59 Å². The molecule has 1 amide bonds. The third kappa shape index (κ3) is 6.46. The van der Waals surface area contributed by atoms with E-state index in [1.807, 2.05) is 6.92 Å². The van der Waals surface area contributed by atoms with Crippen LogP contribution >= 0.6 is 0 Å². The molecule has 0 atom stereocenters. The van der Waals surface area contributed by atoms with Crippen LogP contribution < -0.4 is 0 Å². The molecular formula is C10H19NO3. The molecule has 0 fully saturated rings. The van der Waals surface area contributed by atoms with Gasteiger partial charge in [0.1, 0.15) is 6.29 Å². The molecular weight excluding hydrogens is 182 g/mol. The van der Waals surface area contributed by atoms with Crippen molar-refractivity contribution in [2.75, 3.05) is 20.2 Å². The summed E-state index contributed by atoms with van der Waals surface area (Å²) in [6.45, 7) is 3.10. The second kappa shape index (κ2) is 8.53. The highest BCUT2D eigenvalue weighted by atomic mass is 16.6. The fourth-order valence-corrected chi connectivity index (χ4v) is 0.917. The van der Waals surface area contributed by atoms with E-state index in [-0.39, 0.29) is 6.09 Å². The van der Waals surface area contributed by atoms with Gasteiger partial charge in [-0.25, -0.2) is 4.79 Å². The summed E-state index contributed by atoms with van der Waals surface area (Å²) in [5, 5.41) is 0. The maximum Gasteiger partial charge on any atom is 0.409 e. The van der Waals surface area contributed by atoms with Crippen LogP contribution in [0.1, 0.15) is 32.6 Å². The lowest BCUT2D eigenvalue weighted by Crippen LogP contribution is -2.28. The lowest BCUT2D eigenvalue weighted by atomic mass is 10.3. The normalized spacial score (nSPS) is 9.57. The Morgan fingerprint density at radius 1 is 1.43 bits per heavy atom. The van der Waals surface area contributed by atoms with Gasteiger partial charge >= 0.3 is 6.09 Å². The molecule has 4 heteroatoms. The first-order valence-corrected chi connectivity index (χ1v) is 5.04. The molecule has 0 aromatic heterocycles. The number of hydrogen-bond donors (Lipinski definition) is 0. The first-order valence-electron chi connectivity index (χ1n) is 5.04. The number of carbonyl (C=O) groups excluding carboxylic acids is 2. The van der Waals surface area contributed by atoms with E-state index in [0.29, 0.717) is 26.0 Å². The maximum atomic E-state index is 11.2. The average molecular weight is 201 g/mol. The van der Waals surface area contributed by atoms with Crippen LogP contribution in [0.2, 0.25) is 0 Å². The van der Waals surface area contributed by atoms with Crippen LogP contribution in [0.4, 0.5) is 4.79 Å². The molecule has 0 heterocycles. The standard InChI is InChI=1S/C10H19NO3/c1-3-4-9-14-10(13)11(2)7-5-6-8-12/h8H,3-7,9H2,1-2H3. The molecule has 0 aliphatic heterocycles. The SMILES string of the molecule is CCCCOC(=O)N(C)CCCC=O. The van der Waals surface area contributed by atoms with Gasteiger partial charge < -0.3 is 14.4 Å². The number of carbonyl (C=O) groups is 2. The summed E-state index contributed by atoms with van der Waals surface area (Å²) in [5.74, 6) is 0. The van der Waals surface area contributed by atoms with Crippen LogP contribution in [-0.4, -0.2) is 37.5 Å². The predicted molar refractivity (Wildman–Crippen MR) is 54.2 cm³/mol. The quantitative estimate of drug-likeness (QED) is 0.466. The summed E-state index contributed by atoms with van der Waals surface area (Å²) in [6.07, 6.45) is 3.66. The first-order chi connectivity index (χ1) is 6.72. The molecule has 82 valence electrons. The molecule has 0 N–H and O–H groups in total. The zero-order valence-electron chi connectivity index (χ0n) is 8.99. The number of unbranched alkanes of at least 4 members (excludes halogenated alkanes) is 2. The molecule has 0 bridgehead atoms. The van der Waals surface area contributed by atoms with E-state index >= 15 is 0 Å². The van der Waals surface area contributed by atoms with Gasteiger partial charge in [-0.2, -0.15) is 0 Å². The molecule has 0 saturated heterocycles. The Labute approximate surface area is 85.2 Å². The van der Waals surface area contributed by atoms with Gasteiger partial charge in [0, 0.05) is 20.0 Å². The smallest absolute Gasteiger partial charge is 0.409 e. The molecule has 0 spiro atoms. The van der Waals surface area contributed by atoms with Crippen molar-refractivity contribution in [3.8, 4) is 0 Å². The molecule has 0 aliphatic rings. The monoisotopic (exact) mass is 201 g/mol. The van der Waals surface area contributed by atoms with Crippen LogP contribution in [-0.2, 0) is 9.53 Å². The van der Waals surface area contributed by atoms with Gasteiger partial charge in [-0.3, -0.25) is 0 Å². The Hall–Kier alpha value is -1.06. The van der Waals surface area contributed by atoms with E-state index < -0.39 is 0 Å². The number of hydrogen-bond acceptors (Lipinski definition) is 3. The van der Waals surface area contributed by atoms with Gasteiger partial charge in [0.25, 0.3) is 0 Å². The van der Waals surface area contributed by atoms with Crippen molar-refractivity contribution in [1.82, 2.24) is 4.90 Å². The van der Waals surface area contributed by atoms with Gasteiger partial charge in [-0.05, 0) is 12.8 Å². The van der Waals surface area contributed by atoms with Crippen molar-refractivity contribution in [3.63, 3.8) is 0 Å². The highest BCUT2D eigenvalue weighted by Gasteiger charge is 2.08. The summed E-state index contributed by atoms with van der Waals surface area (Å²) < 4.78 is 4.97. The number of ether oxygens (including phenoxy) is 1. The molecule has 0 aliphatic carbocycles. The van der Waals surface area contributed by atoms with E-state index in [1.54, 1.807) is 7.05 Å². The zero-order valence-corrected chi connectivity index (χ0v) is 8.99. The van der Waals surface area contributed by atoms with Crippen molar-refractivity contribution in [3.05, 3.63) is 0 Å². The maximum absolute atomic E-state index is 11.2. The summed E-state index contributed by atoms with van der Waals surface area (Å²) in [7, 11) is 1.68. The molecule has 4 nitrogen and oxygen atoms in total. The summed E-state index contributed by atoms with van der Waals surface area (Å²) >= 11 is 0. The largest absolute Gasteiger partial charge is 0.449 e. The fraction of sp³-hybridized carbons (Fsp3) is 0.800. The Kier molecular flexibility index (Phi) is 7.89. The van der Waals surface area contributed by atoms with Gasteiger partial charge in [-0.1, -0.05) is 13.3 Å². The van der Waals surface area contributed by atoms with Crippen molar-refractivity contribution in [1.29, 1.82) is 0 Å². The highest BCUT2D eigenvalue weighted by molar-refractivity contribution is 5.67. The van der Waals surface area contributed by atoms with Crippen LogP contribution in [0, 0.1) is 0 Å². The minimum absolute atomic E-state index is 0.302. The number of rotatable bonds is 7. The van der Waals surface area contributed by atoms with Crippen molar-refractivity contribution in [2.24, 2.45) is 0 Å². The van der Waals surface area contributed by atoms with Crippen LogP contribution in [0.5, 0.6) is 0 Å². The van der Waals surface area contributed by atoms with Crippen LogP contribution in [0.15, 0.2) is 0 Å². The summed E-state index contributed by atoms with van der Waals surface area (Å²) in [5.41, 5.74) is 0. The highest BCUT2D eigenvalue weighted by Crippen LogP contribution is 1.96. The lowest BCUT2D eigenvalue weighted by molar-refractivity contribution is -0.108. The average Bonchev–Trinajstić information content (AvgIpc) is 2.18. The molecule has 0 aromatic rings.